The molecule has 2 saturated carbocycles. The highest BCUT2D eigenvalue weighted by molar-refractivity contribution is 7.52. The highest BCUT2D eigenvalue weighted by Gasteiger charge is 2.46. The molecule has 1 saturated heterocycles. The van der Waals surface area contributed by atoms with Crippen LogP contribution in [-0.2, 0) is 18.8 Å². The molecule has 0 radical (unpaired) electrons. The van der Waals surface area contributed by atoms with E-state index in [1.807, 2.05) is 0 Å². The van der Waals surface area contributed by atoms with Crippen molar-refractivity contribution in [1.29, 1.82) is 0 Å². The predicted molar refractivity (Wildman–Crippen MR) is 133 cm³/mol. The van der Waals surface area contributed by atoms with Gasteiger partial charge in [-0.25, -0.2) is 4.68 Å². The van der Waals surface area contributed by atoms with E-state index in [0.29, 0.717) is 23.7 Å². The van der Waals surface area contributed by atoms with Crippen LogP contribution in [0.4, 0.5) is 5.82 Å². The van der Waals surface area contributed by atoms with E-state index >= 15 is 0 Å². The molecule has 6 N–H and O–H groups in total. The summed E-state index contributed by atoms with van der Waals surface area (Å²) in [5.41, 5.74) is -1.32. The quantitative estimate of drug-likeness (QED) is 0.117. The normalized spacial score (nSPS) is 28.3. The number of aliphatic hydroxyl groups is 3. The number of nitrogens with one attached hydrogen (secondary N) is 1. The zero-order valence-electron chi connectivity index (χ0n) is 20.5. The van der Waals surface area contributed by atoms with Crippen molar-refractivity contribution in [3.8, 4) is 0 Å². The maximum absolute atomic E-state index is 11.9. The fraction of sp³-hybridized carbons (Fsp3) is 0.773. The lowest BCUT2D eigenvalue weighted by molar-refractivity contribution is -0.151. The number of ether oxygens (including phenoxy) is 3. The Hall–Kier alpha value is -1.45. The van der Waals surface area contributed by atoms with Gasteiger partial charge in [-0.3, -0.25) is 4.57 Å². The SMILES string of the molecule is O=P(O)(O)[C@H](COCC1CC1)C(O)OC[C@H]1O[C@H](n2ncc3c(NC4CCCC4)nc(Cl)nc32)[C@H](O)[C@@H]1O. The number of rotatable bonds is 12. The molecular formula is C22H33ClN5O9P. The van der Waals surface area contributed by atoms with Crippen LogP contribution in [0.25, 0.3) is 11.0 Å². The highest BCUT2D eigenvalue weighted by atomic mass is 35.5. The summed E-state index contributed by atoms with van der Waals surface area (Å²) in [6.45, 7) is -0.498. The fourth-order valence-electron chi connectivity index (χ4n) is 4.82. The van der Waals surface area contributed by atoms with Gasteiger partial charge in [-0.2, -0.15) is 15.1 Å². The van der Waals surface area contributed by atoms with Crippen molar-refractivity contribution in [3.63, 3.8) is 0 Å². The van der Waals surface area contributed by atoms with Gasteiger partial charge in [0.15, 0.2) is 18.2 Å². The molecule has 0 spiro atoms. The van der Waals surface area contributed by atoms with Crippen LogP contribution in [-0.4, -0.2) is 101 Å². The molecule has 3 aliphatic rings. The van der Waals surface area contributed by atoms with Crippen molar-refractivity contribution in [2.75, 3.05) is 25.1 Å². The number of aromatic nitrogens is 4. The van der Waals surface area contributed by atoms with Crippen LogP contribution in [0.1, 0.15) is 44.8 Å². The summed E-state index contributed by atoms with van der Waals surface area (Å²) in [5, 5.41) is 39.9. The predicted octanol–water partition coefficient (Wildman–Crippen LogP) is 0.761. The minimum atomic E-state index is -4.76. The number of hydrogen-bond acceptors (Lipinski definition) is 11. The Morgan fingerprint density at radius 3 is 2.58 bits per heavy atom. The highest BCUT2D eigenvalue weighted by Crippen LogP contribution is 2.44. The van der Waals surface area contributed by atoms with Gasteiger partial charge in [-0.1, -0.05) is 12.8 Å². The number of nitrogens with zero attached hydrogens (tertiary/aromatic N) is 4. The van der Waals surface area contributed by atoms with E-state index < -0.39 is 57.3 Å². The summed E-state index contributed by atoms with van der Waals surface area (Å²) in [7, 11) is -4.76. The Labute approximate surface area is 223 Å². The fourth-order valence-corrected chi connectivity index (χ4v) is 5.70. The van der Waals surface area contributed by atoms with Gasteiger partial charge in [0.05, 0.1) is 24.8 Å². The average molecular weight is 578 g/mol. The van der Waals surface area contributed by atoms with Gasteiger partial charge in [0.2, 0.25) is 5.28 Å². The average Bonchev–Trinajstić information content (AvgIpc) is 3.22. The van der Waals surface area contributed by atoms with Crippen molar-refractivity contribution < 1.29 is 43.9 Å². The molecule has 38 heavy (non-hydrogen) atoms. The molecule has 6 atom stereocenters. The molecular weight excluding hydrogens is 545 g/mol. The van der Waals surface area contributed by atoms with Crippen molar-refractivity contribution >= 4 is 36.0 Å². The van der Waals surface area contributed by atoms with E-state index in [1.165, 1.54) is 10.9 Å². The van der Waals surface area contributed by atoms with Gasteiger partial charge in [-0.05, 0) is 43.2 Å². The van der Waals surface area contributed by atoms with Crippen molar-refractivity contribution in [2.45, 2.75) is 81.1 Å². The van der Waals surface area contributed by atoms with Crippen LogP contribution in [0.15, 0.2) is 6.20 Å². The Balaban J connectivity index is 1.25. The number of halogens is 1. The number of aliphatic hydroxyl groups excluding tert-OH is 3. The lowest BCUT2D eigenvalue weighted by atomic mass is 10.1. The maximum Gasteiger partial charge on any atom is 0.336 e. The van der Waals surface area contributed by atoms with Crippen molar-refractivity contribution in [3.05, 3.63) is 11.5 Å². The van der Waals surface area contributed by atoms with E-state index in [-0.39, 0.29) is 17.0 Å². The summed E-state index contributed by atoms with van der Waals surface area (Å²) >= 11 is 6.17. The number of hydrogen-bond donors (Lipinski definition) is 6. The van der Waals surface area contributed by atoms with Gasteiger partial charge in [0.25, 0.3) is 0 Å². The smallest absolute Gasteiger partial charge is 0.336 e. The molecule has 2 aromatic rings. The van der Waals surface area contributed by atoms with Crippen LogP contribution in [0.3, 0.4) is 0 Å². The van der Waals surface area contributed by atoms with E-state index in [4.69, 9.17) is 25.8 Å². The molecule has 5 rings (SSSR count). The molecule has 2 aromatic heterocycles. The summed E-state index contributed by atoms with van der Waals surface area (Å²) in [6, 6.07) is 0.256. The monoisotopic (exact) mass is 577 g/mol. The summed E-state index contributed by atoms with van der Waals surface area (Å²) < 4.78 is 29.6. The van der Waals surface area contributed by atoms with Crippen LogP contribution >= 0.6 is 19.2 Å². The lowest BCUT2D eigenvalue weighted by Gasteiger charge is -2.25. The van der Waals surface area contributed by atoms with Gasteiger partial charge in [0.1, 0.15) is 29.8 Å². The summed E-state index contributed by atoms with van der Waals surface area (Å²) in [6.07, 6.45) is 0.716. The molecule has 2 aliphatic carbocycles. The van der Waals surface area contributed by atoms with Crippen LogP contribution in [0.2, 0.25) is 5.28 Å². The second-order valence-electron chi connectivity index (χ2n) is 10.2. The third-order valence-corrected chi connectivity index (χ3v) is 8.67. The van der Waals surface area contributed by atoms with Gasteiger partial charge in [-0.15, -0.1) is 0 Å². The molecule has 16 heteroatoms. The van der Waals surface area contributed by atoms with Crippen LogP contribution in [0, 0.1) is 5.92 Å². The molecule has 14 nitrogen and oxygen atoms in total. The minimum absolute atomic E-state index is 0.0248. The first-order valence-electron chi connectivity index (χ1n) is 12.7. The third-order valence-electron chi connectivity index (χ3n) is 7.23. The van der Waals surface area contributed by atoms with Gasteiger partial charge >= 0.3 is 7.60 Å². The Morgan fingerprint density at radius 1 is 1.16 bits per heavy atom. The topological polar surface area (TPSA) is 202 Å². The van der Waals surface area contributed by atoms with Crippen molar-refractivity contribution in [1.82, 2.24) is 19.7 Å². The zero-order chi connectivity index (χ0) is 27.0. The van der Waals surface area contributed by atoms with Crippen molar-refractivity contribution in [2.24, 2.45) is 5.92 Å². The summed E-state index contributed by atoms with van der Waals surface area (Å²) in [5.74, 6) is 0.889. The second kappa shape index (κ2) is 11.6. The van der Waals surface area contributed by atoms with E-state index in [2.05, 4.69) is 20.4 Å². The first-order chi connectivity index (χ1) is 18.1. The first kappa shape index (κ1) is 28.1. The molecule has 0 bridgehead atoms. The Bertz CT molecular complexity index is 1160. The third kappa shape index (κ3) is 6.30. The van der Waals surface area contributed by atoms with E-state index in [9.17, 15) is 29.7 Å². The first-order valence-corrected chi connectivity index (χ1v) is 14.8. The number of fused-ring (bicyclic) bond motifs is 1. The molecule has 0 amide bonds. The minimum Gasteiger partial charge on any atom is -0.387 e. The standard InChI is InChI=1S/C22H33ClN5O9P/c23-22-26-18(25-12-3-1-2-4-12)13-7-24-28(19(13)27-22)20-17(30)16(29)14(37-20)9-36-21(31)15(38(32,33)34)10-35-8-11-5-6-11/h7,11-12,14-17,20-21,29-31H,1-6,8-10H2,(H,25,26,27)(H2,32,33,34)/t14-,15-,16-,17-,20+,21?/m1/s1. The van der Waals surface area contributed by atoms with E-state index in [0.717, 1.165) is 38.5 Å². The largest absolute Gasteiger partial charge is 0.387 e. The van der Waals surface area contributed by atoms with E-state index in [1.54, 1.807) is 0 Å². The molecule has 212 valence electrons. The summed E-state index contributed by atoms with van der Waals surface area (Å²) in [4.78, 5) is 27.8. The van der Waals surface area contributed by atoms with Gasteiger partial charge in [0, 0.05) is 12.6 Å². The lowest BCUT2D eigenvalue weighted by Crippen LogP contribution is -2.38. The second-order valence-corrected chi connectivity index (χ2v) is 12.4. The Morgan fingerprint density at radius 2 is 1.89 bits per heavy atom. The molecule has 1 aliphatic heterocycles. The molecule has 3 heterocycles. The molecule has 0 aromatic carbocycles. The molecule has 1 unspecified atom stereocenters. The maximum atomic E-state index is 11.9. The zero-order valence-corrected chi connectivity index (χ0v) is 22.2. The molecule has 3 fully saturated rings. The number of anilines is 1. The van der Waals surface area contributed by atoms with Gasteiger partial charge < -0.3 is 44.6 Å². The Kier molecular flexibility index (Phi) is 8.56. The van der Waals surface area contributed by atoms with Crippen LogP contribution in [0.5, 0.6) is 0 Å². The van der Waals surface area contributed by atoms with Crippen LogP contribution < -0.4 is 5.32 Å².